The molecule has 0 aromatic rings. The number of amides is 3. The first kappa shape index (κ1) is 14.3. The Kier molecular flexibility index (Phi) is 5.21. The van der Waals surface area contributed by atoms with Gasteiger partial charge in [0.05, 0.1) is 0 Å². The quantitative estimate of drug-likeness (QED) is 0.796. The molecule has 2 aliphatic rings. The summed E-state index contributed by atoms with van der Waals surface area (Å²) in [6.45, 7) is 3.48. The highest BCUT2D eigenvalue weighted by Gasteiger charge is 2.30. The van der Waals surface area contributed by atoms with Gasteiger partial charge in [-0.3, -0.25) is 9.69 Å². The predicted octanol–water partition coefficient (Wildman–Crippen LogP) is 0.692. The fourth-order valence-corrected chi connectivity index (χ4v) is 2.36. The highest BCUT2D eigenvalue weighted by Crippen LogP contribution is 2.17. The Bertz CT molecular complexity index is 292. The molecule has 2 saturated heterocycles. The second-order valence-corrected chi connectivity index (χ2v) is 4.62. The number of hydrogen-bond acceptors (Lipinski definition) is 3. The standard InChI is InChI=1S/C11H19N3O2.ClH/c1-13-10(15)4-7-14(11(13)16)8-9-2-5-12-6-3-9;/h9,12H,2-8H2,1H3;1H. The number of nitrogens with one attached hydrogen (secondary N) is 1. The Labute approximate surface area is 108 Å². The van der Waals surface area contributed by atoms with Gasteiger partial charge in [0, 0.05) is 26.6 Å². The summed E-state index contributed by atoms with van der Waals surface area (Å²) >= 11 is 0. The zero-order chi connectivity index (χ0) is 11.5. The van der Waals surface area contributed by atoms with Crippen LogP contribution in [0.2, 0.25) is 0 Å². The molecule has 0 radical (unpaired) electrons. The van der Waals surface area contributed by atoms with Crippen LogP contribution in [0.4, 0.5) is 4.79 Å². The molecule has 0 unspecified atom stereocenters. The summed E-state index contributed by atoms with van der Waals surface area (Å²) in [7, 11) is 1.57. The molecule has 98 valence electrons. The van der Waals surface area contributed by atoms with Crippen LogP contribution in [0, 0.1) is 5.92 Å². The molecule has 5 nitrogen and oxygen atoms in total. The van der Waals surface area contributed by atoms with E-state index in [1.165, 1.54) is 4.90 Å². The van der Waals surface area contributed by atoms with E-state index in [0.717, 1.165) is 32.5 Å². The van der Waals surface area contributed by atoms with Crippen LogP contribution in [0.3, 0.4) is 0 Å². The zero-order valence-electron chi connectivity index (χ0n) is 10.1. The van der Waals surface area contributed by atoms with Crippen LogP contribution in [0.1, 0.15) is 19.3 Å². The Morgan fingerprint density at radius 1 is 1.29 bits per heavy atom. The van der Waals surface area contributed by atoms with Crippen molar-refractivity contribution in [2.24, 2.45) is 5.92 Å². The summed E-state index contributed by atoms with van der Waals surface area (Å²) in [5, 5.41) is 3.31. The van der Waals surface area contributed by atoms with Crippen LogP contribution in [0.5, 0.6) is 0 Å². The van der Waals surface area contributed by atoms with Gasteiger partial charge in [-0.25, -0.2) is 4.79 Å². The zero-order valence-corrected chi connectivity index (χ0v) is 11.0. The smallest absolute Gasteiger partial charge is 0.323 e. The predicted molar refractivity (Wildman–Crippen MR) is 67.2 cm³/mol. The molecule has 0 saturated carbocycles. The van der Waals surface area contributed by atoms with Gasteiger partial charge in [0.25, 0.3) is 0 Å². The van der Waals surface area contributed by atoms with Crippen LogP contribution in [-0.4, -0.2) is 55.0 Å². The van der Waals surface area contributed by atoms with Crippen molar-refractivity contribution in [3.8, 4) is 0 Å². The molecule has 17 heavy (non-hydrogen) atoms. The minimum absolute atomic E-state index is 0. The van der Waals surface area contributed by atoms with E-state index in [0.29, 0.717) is 18.9 Å². The lowest BCUT2D eigenvalue weighted by Gasteiger charge is -2.35. The van der Waals surface area contributed by atoms with Gasteiger partial charge in [-0.15, -0.1) is 12.4 Å². The molecule has 0 aromatic carbocycles. The van der Waals surface area contributed by atoms with Crippen molar-refractivity contribution < 1.29 is 9.59 Å². The summed E-state index contributed by atoms with van der Waals surface area (Å²) in [4.78, 5) is 26.2. The van der Waals surface area contributed by atoms with Crippen molar-refractivity contribution in [1.29, 1.82) is 0 Å². The maximum Gasteiger partial charge on any atom is 0.326 e. The summed E-state index contributed by atoms with van der Waals surface area (Å²) in [6.07, 6.45) is 2.72. The molecule has 2 aliphatic heterocycles. The van der Waals surface area contributed by atoms with E-state index in [1.807, 2.05) is 4.90 Å². The third kappa shape index (κ3) is 3.33. The van der Waals surface area contributed by atoms with Crippen molar-refractivity contribution in [2.75, 3.05) is 33.2 Å². The first-order chi connectivity index (χ1) is 7.68. The third-order valence-corrected chi connectivity index (χ3v) is 3.46. The number of rotatable bonds is 2. The van der Waals surface area contributed by atoms with Crippen molar-refractivity contribution in [3.05, 3.63) is 0 Å². The number of carbonyl (C=O) groups excluding carboxylic acids is 2. The second-order valence-electron chi connectivity index (χ2n) is 4.62. The van der Waals surface area contributed by atoms with Gasteiger partial charge in [-0.2, -0.15) is 0 Å². The molecule has 1 N–H and O–H groups in total. The molecule has 0 aliphatic carbocycles. The summed E-state index contributed by atoms with van der Waals surface area (Å²) in [5.41, 5.74) is 0. The third-order valence-electron chi connectivity index (χ3n) is 3.46. The number of piperidine rings is 1. The molecule has 0 atom stereocenters. The van der Waals surface area contributed by atoms with Gasteiger partial charge < -0.3 is 10.2 Å². The normalized spacial score (nSPS) is 22.6. The molecule has 3 amide bonds. The fraction of sp³-hybridized carbons (Fsp3) is 0.818. The van der Waals surface area contributed by atoms with E-state index in [4.69, 9.17) is 0 Å². The van der Waals surface area contributed by atoms with Crippen LogP contribution in [0.15, 0.2) is 0 Å². The number of carbonyl (C=O) groups is 2. The van der Waals surface area contributed by atoms with Gasteiger partial charge in [-0.1, -0.05) is 0 Å². The van der Waals surface area contributed by atoms with Gasteiger partial charge in [0.1, 0.15) is 0 Å². The minimum atomic E-state index is -0.130. The molecule has 0 aromatic heterocycles. The van der Waals surface area contributed by atoms with Crippen molar-refractivity contribution in [3.63, 3.8) is 0 Å². The summed E-state index contributed by atoms with van der Waals surface area (Å²) in [6, 6.07) is -0.130. The van der Waals surface area contributed by atoms with E-state index in [9.17, 15) is 9.59 Å². The number of imide groups is 1. The van der Waals surface area contributed by atoms with Gasteiger partial charge in [0.15, 0.2) is 0 Å². The van der Waals surface area contributed by atoms with E-state index in [1.54, 1.807) is 7.05 Å². The van der Waals surface area contributed by atoms with Gasteiger partial charge in [-0.05, 0) is 31.8 Å². The van der Waals surface area contributed by atoms with E-state index in [2.05, 4.69) is 5.32 Å². The van der Waals surface area contributed by atoms with Crippen molar-refractivity contribution in [2.45, 2.75) is 19.3 Å². The lowest BCUT2D eigenvalue weighted by Crippen LogP contribution is -2.52. The minimum Gasteiger partial charge on any atom is -0.323 e. The molecular weight excluding hydrogens is 242 g/mol. The maximum absolute atomic E-state index is 11.8. The average molecular weight is 262 g/mol. The largest absolute Gasteiger partial charge is 0.326 e. The highest BCUT2D eigenvalue weighted by atomic mass is 35.5. The molecule has 2 fully saturated rings. The monoisotopic (exact) mass is 261 g/mol. The van der Waals surface area contributed by atoms with E-state index in [-0.39, 0.29) is 24.3 Å². The average Bonchev–Trinajstić information content (AvgIpc) is 2.31. The van der Waals surface area contributed by atoms with Crippen LogP contribution < -0.4 is 5.32 Å². The number of urea groups is 1. The summed E-state index contributed by atoms with van der Waals surface area (Å²) in [5.74, 6) is 0.526. The van der Waals surface area contributed by atoms with Crippen LogP contribution in [0.25, 0.3) is 0 Å². The number of hydrogen-bond donors (Lipinski definition) is 1. The Balaban J connectivity index is 0.00000144. The topological polar surface area (TPSA) is 52.7 Å². The van der Waals surface area contributed by atoms with Crippen molar-refractivity contribution >= 4 is 24.3 Å². The Morgan fingerprint density at radius 2 is 1.94 bits per heavy atom. The van der Waals surface area contributed by atoms with Crippen LogP contribution >= 0.6 is 12.4 Å². The maximum atomic E-state index is 11.8. The van der Waals surface area contributed by atoms with Gasteiger partial charge >= 0.3 is 6.03 Å². The van der Waals surface area contributed by atoms with Crippen molar-refractivity contribution in [1.82, 2.24) is 15.1 Å². The SMILES string of the molecule is CN1C(=O)CCN(CC2CCNCC2)C1=O.Cl. The first-order valence-corrected chi connectivity index (χ1v) is 5.94. The van der Waals surface area contributed by atoms with Gasteiger partial charge in [0.2, 0.25) is 5.91 Å². The molecular formula is C11H20ClN3O2. The lowest BCUT2D eigenvalue weighted by molar-refractivity contribution is -0.129. The first-order valence-electron chi connectivity index (χ1n) is 5.94. The fourth-order valence-electron chi connectivity index (χ4n) is 2.36. The van der Waals surface area contributed by atoms with Crippen LogP contribution in [-0.2, 0) is 4.79 Å². The Morgan fingerprint density at radius 3 is 2.59 bits per heavy atom. The highest BCUT2D eigenvalue weighted by molar-refractivity contribution is 5.96. The number of halogens is 1. The lowest BCUT2D eigenvalue weighted by atomic mass is 9.97. The molecule has 0 bridgehead atoms. The molecule has 2 heterocycles. The second kappa shape index (κ2) is 6.21. The molecule has 0 spiro atoms. The molecule has 6 heteroatoms. The molecule has 2 rings (SSSR count). The number of nitrogens with zero attached hydrogens (tertiary/aromatic N) is 2. The van der Waals surface area contributed by atoms with E-state index < -0.39 is 0 Å². The van der Waals surface area contributed by atoms with E-state index >= 15 is 0 Å². The Hall–Kier alpha value is -0.810. The summed E-state index contributed by atoms with van der Waals surface area (Å²) < 4.78 is 0.